The molecule has 4 rings (SSSR count). The van der Waals surface area contributed by atoms with Crippen molar-refractivity contribution in [1.82, 2.24) is 15.0 Å². The Hall–Kier alpha value is -2.99. The molecule has 3 aromatic rings. The average molecular weight is 405 g/mol. The number of anilines is 1. The van der Waals surface area contributed by atoms with E-state index in [4.69, 9.17) is 4.52 Å². The summed E-state index contributed by atoms with van der Waals surface area (Å²) >= 11 is 0. The number of aromatic nitrogens is 2. The van der Waals surface area contributed by atoms with E-state index in [0.29, 0.717) is 24.8 Å². The summed E-state index contributed by atoms with van der Waals surface area (Å²) in [6, 6.07) is 14.1. The number of aryl methyl sites for hydroxylation is 3. The van der Waals surface area contributed by atoms with E-state index in [9.17, 15) is 4.79 Å². The van der Waals surface area contributed by atoms with Crippen molar-refractivity contribution in [1.29, 1.82) is 0 Å². The standard InChI is InChI=1S/C24H28N4O2/c1-16-10-11-21(18(3)13-16)25-24(29)19-8-6-12-28(14-19)15-22-26-23(27-30-22)20-9-5-4-7-17(20)2/h4-5,7,9-11,13,19H,6,8,12,14-15H2,1-3H3,(H,25,29). The lowest BCUT2D eigenvalue weighted by molar-refractivity contribution is -0.121. The van der Waals surface area contributed by atoms with Crippen molar-refractivity contribution in [2.45, 2.75) is 40.2 Å². The van der Waals surface area contributed by atoms with Gasteiger partial charge in [0, 0.05) is 17.8 Å². The maximum atomic E-state index is 12.8. The predicted octanol–water partition coefficient (Wildman–Crippen LogP) is 4.51. The van der Waals surface area contributed by atoms with Crippen LogP contribution in [0.4, 0.5) is 5.69 Å². The SMILES string of the molecule is Cc1ccc(NC(=O)C2CCCN(Cc3nc(-c4ccccc4C)no3)C2)c(C)c1. The number of piperidine rings is 1. The monoisotopic (exact) mass is 404 g/mol. The Morgan fingerprint density at radius 3 is 2.80 bits per heavy atom. The Morgan fingerprint density at radius 1 is 1.17 bits per heavy atom. The highest BCUT2D eigenvalue weighted by Gasteiger charge is 2.27. The third-order valence-electron chi connectivity index (χ3n) is 5.73. The van der Waals surface area contributed by atoms with Gasteiger partial charge in [0.1, 0.15) is 0 Å². The van der Waals surface area contributed by atoms with Gasteiger partial charge in [-0.2, -0.15) is 4.98 Å². The van der Waals surface area contributed by atoms with Gasteiger partial charge in [0.2, 0.25) is 17.6 Å². The summed E-state index contributed by atoms with van der Waals surface area (Å²) in [5.74, 6) is 1.24. The molecule has 1 amide bonds. The molecule has 1 unspecified atom stereocenters. The third-order valence-corrected chi connectivity index (χ3v) is 5.73. The van der Waals surface area contributed by atoms with Crippen LogP contribution < -0.4 is 5.32 Å². The number of nitrogens with zero attached hydrogens (tertiary/aromatic N) is 3. The van der Waals surface area contributed by atoms with Gasteiger partial charge in [-0.25, -0.2) is 0 Å². The van der Waals surface area contributed by atoms with Crippen molar-refractivity contribution < 1.29 is 9.32 Å². The highest BCUT2D eigenvalue weighted by molar-refractivity contribution is 5.93. The van der Waals surface area contributed by atoms with E-state index >= 15 is 0 Å². The van der Waals surface area contributed by atoms with Crippen molar-refractivity contribution in [3.05, 3.63) is 65.0 Å². The minimum Gasteiger partial charge on any atom is -0.338 e. The Bertz CT molecular complexity index is 1040. The van der Waals surface area contributed by atoms with E-state index in [1.54, 1.807) is 0 Å². The van der Waals surface area contributed by atoms with Crippen LogP contribution in [0.5, 0.6) is 0 Å². The number of nitrogens with one attached hydrogen (secondary N) is 1. The van der Waals surface area contributed by atoms with Crippen LogP contribution in [0.15, 0.2) is 47.0 Å². The van der Waals surface area contributed by atoms with Gasteiger partial charge in [-0.1, -0.05) is 47.1 Å². The van der Waals surface area contributed by atoms with Crippen molar-refractivity contribution in [2.24, 2.45) is 5.92 Å². The Morgan fingerprint density at radius 2 is 2.00 bits per heavy atom. The molecule has 2 heterocycles. The minimum absolute atomic E-state index is 0.0433. The quantitative estimate of drug-likeness (QED) is 0.677. The van der Waals surface area contributed by atoms with E-state index in [-0.39, 0.29) is 11.8 Å². The van der Waals surface area contributed by atoms with E-state index in [1.807, 2.05) is 50.2 Å². The first kappa shape index (κ1) is 20.3. The van der Waals surface area contributed by atoms with Gasteiger partial charge in [-0.3, -0.25) is 9.69 Å². The molecule has 6 heteroatoms. The van der Waals surface area contributed by atoms with Crippen LogP contribution in [0.3, 0.4) is 0 Å². The van der Waals surface area contributed by atoms with Gasteiger partial charge in [0.15, 0.2) is 0 Å². The maximum Gasteiger partial charge on any atom is 0.241 e. The summed E-state index contributed by atoms with van der Waals surface area (Å²) in [6.07, 6.45) is 1.87. The lowest BCUT2D eigenvalue weighted by Crippen LogP contribution is -2.40. The van der Waals surface area contributed by atoms with Gasteiger partial charge in [0.25, 0.3) is 0 Å². The smallest absolute Gasteiger partial charge is 0.241 e. The van der Waals surface area contributed by atoms with Crippen LogP contribution in [0.2, 0.25) is 0 Å². The fraction of sp³-hybridized carbons (Fsp3) is 0.375. The molecule has 0 spiro atoms. The van der Waals surface area contributed by atoms with Crippen molar-refractivity contribution >= 4 is 11.6 Å². The van der Waals surface area contributed by atoms with Crippen molar-refractivity contribution in [3.63, 3.8) is 0 Å². The van der Waals surface area contributed by atoms with E-state index in [0.717, 1.165) is 41.8 Å². The molecular weight excluding hydrogens is 376 g/mol. The zero-order valence-electron chi connectivity index (χ0n) is 17.8. The molecule has 2 aromatic carbocycles. The second-order valence-corrected chi connectivity index (χ2v) is 8.21. The lowest BCUT2D eigenvalue weighted by atomic mass is 9.96. The molecule has 0 radical (unpaired) electrons. The summed E-state index contributed by atoms with van der Waals surface area (Å²) in [7, 11) is 0. The number of hydrogen-bond acceptors (Lipinski definition) is 5. The largest absolute Gasteiger partial charge is 0.338 e. The topological polar surface area (TPSA) is 71.3 Å². The molecule has 1 N–H and O–H groups in total. The molecule has 1 aliphatic heterocycles. The van der Waals surface area contributed by atoms with E-state index < -0.39 is 0 Å². The van der Waals surface area contributed by atoms with Crippen molar-refractivity contribution in [3.8, 4) is 11.4 Å². The molecule has 1 aromatic heterocycles. The molecule has 1 fully saturated rings. The second-order valence-electron chi connectivity index (χ2n) is 8.21. The number of rotatable bonds is 5. The van der Waals surface area contributed by atoms with E-state index in [2.05, 4.69) is 33.3 Å². The van der Waals surface area contributed by atoms with Gasteiger partial charge in [0.05, 0.1) is 12.5 Å². The summed E-state index contributed by atoms with van der Waals surface area (Å²) in [5.41, 5.74) is 5.27. The van der Waals surface area contributed by atoms with Crippen LogP contribution >= 0.6 is 0 Å². The number of carbonyl (C=O) groups excluding carboxylic acids is 1. The van der Waals surface area contributed by atoms with Crippen molar-refractivity contribution in [2.75, 3.05) is 18.4 Å². The van der Waals surface area contributed by atoms with E-state index in [1.165, 1.54) is 5.56 Å². The zero-order valence-corrected chi connectivity index (χ0v) is 17.8. The maximum absolute atomic E-state index is 12.8. The summed E-state index contributed by atoms with van der Waals surface area (Å²) in [6.45, 7) is 8.30. The zero-order chi connectivity index (χ0) is 21.1. The third kappa shape index (κ3) is 4.60. The molecule has 0 saturated carbocycles. The first-order chi connectivity index (χ1) is 14.5. The summed E-state index contributed by atoms with van der Waals surface area (Å²) in [5, 5.41) is 7.25. The summed E-state index contributed by atoms with van der Waals surface area (Å²) < 4.78 is 5.49. The molecule has 1 atom stereocenters. The number of likely N-dealkylation sites (tertiary alicyclic amines) is 1. The molecule has 30 heavy (non-hydrogen) atoms. The first-order valence-corrected chi connectivity index (χ1v) is 10.5. The number of benzene rings is 2. The molecule has 1 saturated heterocycles. The first-order valence-electron chi connectivity index (χ1n) is 10.5. The van der Waals surface area contributed by atoms with Gasteiger partial charge < -0.3 is 9.84 Å². The summed E-state index contributed by atoms with van der Waals surface area (Å²) in [4.78, 5) is 19.6. The van der Waals surface area contributed by atoms with Crippen LogP contribution in [-0.2, 0) is 11.3 Å². The molecule has 0 bridgehead atoms. The fourth-order valence-electron chi connectivity index (χ4n) is 4.05. The lowest BCUT2D eigenvalue weighted by Gasteiger charge is -2.31. The predicted molar refractivity (Wildman–Crippen MR) is 117 cm³/mol. The Labute approximate surface area is 177 Å². The minimum atomic E-state index is -0.0433. The van der Waals surface area contributed by atoms with Gasteiger partial charge in [-0.15, -0.1) is 0 Å². The molecule has 0 aliphatic carbocycles. The van der Waals surface area contributed by atoms with Crippen LogP contribution in [0.1, 0.15) is 35.4 Å². The van der Waals surface area contributed by atoms with Gasteiger partial charge >= 0.3 is 0 Å². The highest BCUT2D eigenvalue weighted by Crippen LogP contribution is 2.24. The molecule has 156 valence electrons. The Balaban J connectivity index is 1.38. The number of amides is 1. The average Bonchev–Trinajstić information content (AvgIpc) is 3.19. The van der Waals surface area contributed by atoms with Crippen LogP contribution in [0, 0.1) is 26.7 Å². The fourth-order valence-corrected chi connectivity index (χ4v) is 4.05. The normalized spacial score (nSPS) is 17.1. The van der Waals surface area contributed by atoms with Crippen LogP contribution in [0.25, 0.3) is 11.4 Å². The van der Waals surface area contributed by atoms with Gasteiger partial charge in [-0.05, 0) is 57.4 Å². The van der Waals surface area contributed by atoms with Crippen LogP contribution in [-0.4, -0.2) is 34.0 Å². The number of carbonyl (C=O) groups is 1. The highest BCUT2D eigenvalue weighted by atomic mass is 16.5. The second kappa shape index (κ2) is 8.79. The molecule has 6 nitrogen and oxygen atoms in total. The molecular formula is C24H28N4O2. The number of hydrogen-bond donors (Lipinski definition) is 1. The molecule has 1 aliphatic rings. The Kier molecular flexibility index (Phi) is 5.95.